The van der Waals surface area contributed by atoms with E-state index in [9.17, 15) is 9.59 Å². The second-order valence-electron chi connectivity index (χ2n) is 6.80. The molecule has 0 saturated heterocycles. The molecule has 3 rings (SSSR count). The van der Waals surface area contributed by atoms with Crippen LogP contribution in [0.1, 0.15) is 29.1 Å². The molecule has 2 N–H and O–H groups in total. The van der Waals surface area contributed by atoms with Crippen molar-refractivity contribution >= 4 is 52.5 Å². The predicted octanol–water partition coefficient (Wildman–Crippen LogP) is 4.99. The van der Waals surface area contributed by atoms with Gasteiger partial charge in [-0.1, -0.05) is 59.2 Å². The first-order valence-corrected chi connectivity index (χ1v) is 11.4. The lowest BCUT2D eigenvalue weighted by Gasteiger charge is -2.15. The van der Waals surface area contributed by atoms with E-state index >= 15 is 0 Å². The fourth-order valence-electron chi connectivity index (χ4n) is 2.92. The zero-order chi connectivity index (χ0) is 23.1. The normalized spacial score (nSPS) is 11.6. The molecule has 10 heteroatoms. The molecule has 0 fully saturated rings. The van der Waals surface area contributed by atoms with E-state index in [1.54, 1.807) is 48.5 Å². The highest BCUT2D eigenvalue weighted by molar-refractivity contribution is 7.99. The SMILES string of the molecule is C=CCn1c(SCC(=O)Nc2cc(Cl)cc(Cl)c2)nnc1[C@H](C)NC(=O)c1ccccc1. The zero-order valence-electron chi connectivity index (χ0n) is 17.2. The van der Waals surface area contributed by atoms with Crippen molar-refractivity contribution < 1.29 is 9.59 Å². The van der Waals surface area contributed by atoms with Gasteiger partial charge in [-0.15, -0.1) is 16.8 Å². The van der Waals surface area contributed by atoms with Crippen LogP contribution in [0.3, 0.4) is 0 Å². The summed E-state index contributed by atoms with van der Waals surface area (Å²) in [6, 6.07) is 13.4. The highest BCUT2D eigenvalue weighted by Crippen LogP contribution is 2.24. The number of nitrogens with zero attached hydrogens (tertiary/aromatic N) is 3. The minimum Gasteiger partial charge on any atom is -0.342 e. The Morgan fingerprint density at radius 1 is 1.16 bits per heavy atom. The first kappa shape index (κ1) is 23.8. The Balaban J connectivity index is 1.66. The number of benzene rings is 2. The van der Waals surface area contributed by atoms with Crippen LogP contribution in [0.4, 0.5) is 5.69 Å². The minimum atomic E-state index is -0.396. The second-order valence-corrected chi connectivity index (χ2v) is 8.61. The first-order chi connectivity index (χ1) is 15.4. The Morgan fingerprint density at radius 3 is 2.50 bits per heavy atom. The Morgan fingerprint density at radius 2 is 1.84 bits per heavy atom. The quantitative estimate of drug-likeness (QED) is 0.326. The minimum absolute atomic E-state index is 0.101. The van der Waals surface area contributed by atoms with Gasteiger partial charge in [0.2, 0.25) is 5.91 Å². The molecular weight excluding hydrogens is 469 g/mol. The summed E-state index contributed by atoms with van der Waals surface area (Å²) in [6.45, 7) is 6.04. The van der Waals surface area contributed by atoms with Gasteiger partial charge in [0.1, 0.15) is 0 Å². The van der Waals surface area contributed by atoms with Crippen molar-refractivity contribution in [1.29, 1.82) is 0 Å². The fourth-order valence-corrected chi connectivity index (χ4v) is 4.20. The van der Waals surface area contributed by atoms with Crippen LogP contribution in [0.25, 0.3) is 0 Å². The third-order valence-electron chi connectivity index (χ3n) is 4.31. The number of hydrogen-bond acceptors (Lipinski definition) is 5. The van der Waals surface area contributed by atoms with Crippen molar-refractivity contribution in [1.82, 2.24) is 20.1 Å². The lowest BCUT2D eigenvalue weighted by atomic mass is 10.2. The summed E-state index contributed by atoms with van der Waals surface area (Å²) in [5, 5.41) is 15.5. The van der Waals surface area contributed by atoms with Gasteiger partial charge in [-0.2, -0.15) is 0 Å². The molecule has 1 atom stereocenters. The lowest BCUT2D eigenvalue weighted by Crippen LogP contribution is -2.28. The third-order valence-corrected chi connectivity index (χ3v) is 5.71. The molecule has 0 spiro atoms. The number of hydrogen-bond donors (Lipinski definition) is 2. The van der Waals surface area contributed by atoms with E-state index in [1.807, 2.05) is 17.6 Å². The van der Waals surface area contributed by atoms with Crippen LogP contribution in [0.2, 0.25) is 10.0 Å². The highest BCUT2D eigenvalue weighted by Gasteiger charge is 2.20. The summed E-state index contributed by atoms with van der Waals surface area (Å²) in [6.07, 6.45) is 1.71. The molecule has 32 heavy (non-hydrogen) atoms. The van der Waals surface area contributed by atoms with E-state index in [2.05, 4.69) is 27.4 Å². The molecule has 0 unspecified atom stereocenters. The van der Waals surface area contributed by atoms with E-state index in [-0.39, 0.29) is 17.6 Å². The van der Waals surface area contributed by atoms with Crippen LogP contribution >= 0.6 is 35.0 Å². The summed E-state index contributed by atoms with van der Waals surface area (Å²) in [4.78, 5) is 24.8. The van der Waals surface area contributed by atoms with Crippen molar-refractivity contribution in [3.8, 4) is 0 Å². The van der Waals surface area contributed by atoms with Gasteiger partial charge in [0, 0.05) is 27.8 Å². The van der Waals surface area contributed by atoms with Gasteiger partial charge < -0.3 is 15.2 Å². The molecule has 7 nitrogen and oxygen atoms in total. The van der Waals surface area contributed by atoms with Crippen molar-refractivity contribution in [3.63, 3.8) is 0 Å². The number of carbonyl (C=O) groups is 2. The number of thioether (sulfide) groups is 1. The van der Waals surface area contributed by atoms with Crippen LogP contribution in [-0.4, -0.2) is 32.3 Å². The van der Waals surface area contributed by atoms with E-state index in [0.29, 0.717) is 38.8 Å². The van der Waals surface area contributed by atoms with Gasteiger partial charge in [0.05, 0.1) is 11.8 Å². The molecule has 1 aromatic heterocycles. The monoisotopic (exact) mass is 489 g/mol. The van der Waals surface area contributed by atoms with E-state index in [1.165, 1.54) is 11.8 Å². The summed E-state index contributed by atoms with van der Waals surface area (Å²) >= 11 is 13.2. The van der Waals surface area contributed by atoms with Crippen LogP contribution < -0.4 is 10.6 Å². The second kappa shape index (κ2) is 11.2. The third kappa shape index (κ3) is 6.35. The smallest absolute Gasteiger partial charge is 0.251 e. The molecule has 0 aliphatic rings. The summed E-state index contributed by atoms with van der Waals surface area (Å²) in [5.41, 5.74) is 1.07. The molecular formula is C22H21Cl2N5O2S. The van der Waals surface area contributed by atoms with Gasteiger partial charge >= 0.3 is 0 Å². The Hall–Kier alpha value is -2.81. The van der Waals surface area contributed by atoms with Crippen LogP contribution in [0.5, 0.6) is 0 Å². The van der Waals surface area contributed by atoms with E-state index < -0.39 is 6.04 Å². The molecule has 0 aliphatic heterocycles. The molecule has 166 valence electrons. The van der Waals surface area contributed by atoms with Gasteiger partial charge in [-0.05, 0) is 37.3 Å². The molecule has 0 bridgehead atoms. The molecule has 0 radical (unpaired) electrons. The molecule has 3 aromatic rings. The standard InChI is InChI=1S/C22H21Cl2N5O2S/c1-3-9-29-20(14(2)25-21(31)15-7-5-4-6-8-15)27-28-22(29)32-13-19(30)26-18-11-16(23)10-17(24)12-18/h3-8,10-12,14H,1,9,13H2,2H3,(H,25,31)(H,26,30)/t14-/m0/s1. The Kier molecular flexibility index (Phi) is 8.33. The predicted molar refractivity (Wildman–Crippen MR) is 128 cm³/mol. The number of rotatable bonds is 9. The largest absolute Gasteiger partial charge is 0.342 e. The van der Waals surface area contributed by atoms with Crippen molar-refractivity contribution in [2.45, 2.75) is 24.7 Å². The maximum absolute atomic E-state index is 12.5. The first-order valence-electron chi connectivity index (χ1n) is 9.66. The lowest BCUT2D eigenvalue weighted by molar-refractivity contribution is -0.113. The maximum Gasteiger partial charge on any atom is 0.251 e. The van der Waals surface area contributed by atoms with Crippen LogP contribution in [-0.2, 0) is 11.3 Å². The summed E-state index contributed by atoms with van der Waals surface area (Å²) < 4.78 is 1.82. The summed E-state index contributed by atoms with van der Waals surface area (Å²) in [5.74, 6) is 0.219. The average molecular weight is 490 g/mol. The summed E-state index contributed by atoms with van der Waals surface area (Å²) in [7, 11) is 0. The number of nitrogens with one attached hydrogen (secondary N) is 2. The number of aromatic nitrogens is 3. The fraction of sp³-hybridized carbons (Fsp3) is 0.182. The van der Waals surface area contributed by atoms with Crippen molar-refractivity contribution in [2.75, 3.05) is 11.1 Å². The number of carbonyl (C=O) groups excluding carboxylic acids is 2. The van der Waals surface area contributed by atoms with Gasteiger partial charge in [-0.3, -0.25) is 9.59 Å². The molecule has 2 amide bonds. The molecule has 0 aliphatic carbocycles. The molecule has 0 saturated carbocycles. The number of anilines is 1. The Labute approximate surface area is 200 Å². The van der Waals surface area contributed by atoms with Gasteiger partial charge in [0.25, 0.3) is 5.91 Å². The average Bonchev–Trinajstić information content (AvgIpc) is 3.15. The van der Waals surface area contributed by atoms with E-state index in [0.717, 1.165) is 0 Å². The highest BCUT2D eigenvalue weighted by atomic mass is 35.5. The zero-order valence-corrected chi connectivity index (χ0v) is 19.5. The number of halogens is 2. The van der Waals surface area contributed by atoms with Gasteiger partial charge in [0.15, 0.2) is 11.0 Å². The Bertz CT molecular complexity index is 1100. The van der Waals surface area contributed by atoms with Crippen LogP contribution in [0.15, 0.2) is 66.3 Å². The number of amides is 2. The van der Waals surface area contributed by atoms with Crippen molar-refractivity contribution in [2.24, 2.45) is 0 Å². The van der Waals surface area contributed by atoms with Crippen molar-refractivity contribution in [3.05, 3.63) is 82.6 Å². The van der Waals surface area contributed by atoms with Gasteiger partial charge in [-0.25, -0.2) is 0 Å². The van der Waals surface area contributed by atoms with E-state index in [4.69, 9.17) is 23.2 Å². The topological polar surface area (TPSA) is 88.9 Å². The van der Waals surface area contributed by atoms with Crippen LogP contribution in [0, 0.1) is 0 Å². The molecule has 2 aromatic carbocycles. The number of allylic oxidation sites excluding steroid dienone is 1. The molecule has 1 heterocycles. The maximum atomic E-state index is 12.5.